The zero-order valence-electron chi connectivity index (χ0n) is 17.3. The van der Waals surface area contributed by atoms with Gasteiger partial charge >= 0.3 is 0 Å². The number of hydrazone groups is 1. The van der Waals surface area contributed by atoms with Crippen molar-refractivity contribution in [1.82, 2.24) is 9.58 Å². The maximum Gasteiger partial charge on any atom is 0.282 e. The van der Waals surface area contributed by atoms with Gasteiger partial charge in [0.1, 0.15) is 0 Å². The molecule has 0 saturated carbocycles. The monoisotopic (exact) mass is 420 g/mol. The molecule has 0 spiro atoms. The minimum absolute atomic E-state index is 0.151. The third-order valence-electron chi connectivity index (χ3n) is 5.50. The van der Waals surface area contributed by atoms with Crippen LogP contribution in [0.5, 0.6) is 0 Å². The summed E-state index contributed by atoms with van der Waals surface area (Å²) in [5, 5.41) is 16.9. The van der Waals surface area contributed by atoms with Crippen LogP contribution in [0.3, 0.4) is 0 Å². The van der Waals surface area contributed by atoms with Crippen LogP contribution in [0.1, 0.15) is 37.7 Å². The minimum atomic E-state index is -0.618. The normalized spacial score (nSPS) is 13.6. The highest BCUT2D eigenvalue weighted by Gasteiger charge is 2.34. The number of nitrogens with zero attached hydrogens (tertiary/aromatic N) is 4. The second kappa shape index (κ2) is 7.77. The van der Waals surface area contributed by atoms with Crippen molar-refractivity contribution in [2.45, 2.75) is 20.4 Å². The lowest BCUT2D eigenvalue weighted by Crippen LogP contribution is -2.36. The summed E-state index contributed by atoms with van der Waals surface area (Å²) < 4.78 is 7.21. The van der Waals surface area contributed by atoms with Gasteiger partial charge in [-0.3, -0.25) is 19.7 Å². The first-order chi connectivity index (χ1) is 14.8. The molecule has 0 fully saturated rings. The molecule has 0 atom stereocenters. The topological polar surface area (TPSA) is 107 Å². The molecule has 1 aromatic heterocycles. The summed E-state index contributed by atoms with van der Waals surface area (Å²) in [5.74, 6) is -1.24. The van der Waals surface area contributed by atoms with Crippen molar-refractivity contribution in [3.05, 3.63) is 74.6 Å². The summed E-state index contributed by atoms with van der Waals surface area (Å²) >= 11 is 0. The van der Waals surface area contributed by atoms with Gasteiger partial charge in [-0.15, -0.1) is 0 Å². The molecule has 9 heteroatoms. The first kappa shape index (κ1) is 20.4. The molecule has 0 bridgehead atoms. The van der Waals surface area contributed by atoms with E-state index in [1.807, 2.05) is 19.9 Å². The van der Waals surface area contributed by atoms with Crippen molar-refractivity contribution in [3.8, 4) is 0 Å². The Morgan fingerprint density at radius 2 is 1.84 bits per heavy atom. The Labute approximate surface area is 177 Å². The average molecular weight is 420 g/mol. The summed E-state index contributed by atoms with van der Waals surface area (Å²) in [6.45, 7) is 5.13. The van der Waals surface area contributed by atoms with Crippen LogP contribution in [0.25, 0.3) is 10.8 Å². The highest BCUT2D eigenvalue weighted by atomic mass is 16.6. The molecular formula is C22H20N4O5. The predicted octanol–water partition coefficient (Wildman–Crippen LogP) is 3.44. The van der Waals surface area contributed by atoms with Crippen LogP contribution >= 0.6 is 0 Å². The van der Waals surface area contributed by atoms with Crippen LogP contribution < -0.4 is 0 Å². The van der Waals surface area contributed by atoms with Crippen molar-refractivity contribution < 1.29 is 19.2 Å². The number of imide groups is 1. The molecule has 0 saturated heterocycles. The fraction of sp³-hybridized carbons (Fsp3) is 0.227. The van der Waals surface area contributed by atoms with Gasteiger partial charge in [0.15, 0.2) is 0 Å². The number of hydrogen-bond donors (Lipinski definition) is 0. The number of hydrogen-bond acceptors (Lipinski definition) is 6. The van der Waals surface area contributed by atoms with E-state index in [0.717, 1.165) is 22.0 Å². The van der Waals surface area contributed by atoms with Gasteiger partial charge in [-0.1, -0.05) is 6.07 Å². The Morgan fingerprint density at radius 1 is 1.13 bits per heavy atom. The molecule has 1 aliphatic rings. The van der Waals surface area contributed by atoms with E-state index >= 15 is 0 Å². The molecule has 2 aromatic carbocycles. The second-order valence-electron chi connectivity index (χ2n) is 7.26. The molecule has 0 unspecified atom stereocenters. The van der Waals surface area contributed by atoms with E-state index in [9.17, 15) is 19.7 Å². The van der Waals surface area contributed by atoms with Crippen molar-refractivity contribution in [2.24, 2.45) is 5.10 Å². The van der Waals surface area contributed by atoms with Gasteiger partial charge in [0.2, 0.25) is 0 Å². The van der Waals surface area contributed by atoms with E-state index in [0.29, 0.717) is 13.2 Å². The third kappa shape index (κ3) is 3.28. The number of aryl methyl sites for hydroxylation is 1. The zero-order valence-corrected chi connectivity index (χ0v) is 17.3. The molecule has 31 heavy (non-hydrogen) atoms. The quantitative estimate of drug-likeness (QED) is 0.263. The minimum Gasteiger partial charge on any atom is -0.383 e. The van der Waals surface area contributed by atoms with Gasteiger partial charge in [0.05, 0.1) is 34.3 Å². The van der Waals surface area contributed by atoms with Crippen LogP contribution in [0.2, 0.25) is 0 Å². The van der Waals surface area contributed by atoms with Gasteiger partial charge in [-0.05, 0) is 38.1 Å². The summed E-state index contributed by atoms with van der Waals surface area (Å²) in [6.07, 6.45) is 1.48. The van der Waals surface area contributed by atoms with Crippen molar-refractivity contribution in [2.75, 3.05) is 13.7 Å². The van der Waals surface area contributed by atoms with Crippen molar-refractivity contribution in [3.63, 3.8) is 0 Å². The lowest BCUT2D eigenvalue weighted by atomic mass is 9.94. The Balaban J connectivity index is 1.74. The maximum atomic E-state index is 13.0. The molecule has 9 nitrogen and oxygen atoms in total. The van der Waals surface area contributed by atoms with E-state index in [1.165, 1.54) is 24.4 Å². The fourth-order valence-corrected chi connectivity index (χ4v) is 3.94. The summed E-state index contributed by atoms with van der Waals surface area (Å²) in [5.41, 5.74) is 2.99. The second-order valence-corrected chi connectivity index (χ2v) is 7.26. The van der Waals surface area contributed by atoms with E-state index in [2.05, 4.69) is 9.67 Å². The number of amides is 2. The van der Waals surface area contributed by atoms with E-state index < -0.39 is 16.7 Å². The van der Waals surface area contributed by atoms with Crippen LogP contribution in [0.4, 0.5) is 5.69 Å². The van der Waals surface area contributed by atoms with Crippen molar-refractivity contribution >= 4 is 34.5 Å². The largest absolute Gasteiger partial charge is 0.383 e. The molecule has 3 aromatic rings. The molecule has 0 aliphatic carbocycles. The number of rotatable bonds is 6. The molecule has 2 amide bonds. The lowest BCUT2D eigenvalue weighted by molar-refractivity contribution is -0.383. The number of nitro groups is 1. The highest BCUT2D eigenvalue weighted by molar-refractivity contribution is 6.26. The van der Waals surface area contributed by atoms with E-state index in [4.69, 9.17) is 4.74 Å². The average Bonchev–Trinajstić information content (AvgIpc) is 3.02. The van der Waals surface area contributed by atoms with E-state index in [-0.39, 0.29) is 27.6 Å². The smallest absolute Gasteiger partial charge is 0.282 e. The fourth-order valence-electron chi connectivity index (χ4n) is 3.94. The van der Waals surface area contributed by atoms with Gasteiger partial charge < -0.3 is 9.30 Å². The number of non-ortho nitro benzene ring substituents is 1. The van der Waals surface area contributed by atoms with Crippen LogP contribution in [-0.2, 0) is 11.3 Å². The number of benzene rings is 2. The standard InChI is InChI=1S/C22H20N4O5/c1-13-11-15(14(2)24(13)9-10-31-3)12-23-25-21(27)17-6-4-5-16-19(26(29)30)8-7-18(20(16)17)22(25)28/h4-8,11-12H,9-10H2,1-3H3/b23-12+. The Kier molecular flexibility index (Phi) is 5.12. The number of nitro benzene ring substituents is 1. The summed E-state index contributed by atoms with van der Waals surface area (Å²) in [7, 11) is 1.64. The first-order valence-electron chi connectivity index (χ1n) is 9.63. The van der Waals surface area contributed by atoms with Crippen LogP contribution in [0.15, 0.2) is 41.5 Å². The molecule has 4 rings (SSSR count). The molecule has 0 radical (unpaired) electrons. The Bertz CT molecular complexity index is 1250. The Morgan fingerprint density at radius 3 is 2.52 bits per heavy atom. The molecule has 0 N–H and O–H groups in total. The number of methoxy groups -OCH3 is 1. The molecule has 158 valence electrons. The Hall–Kier alpha value is -3.85. The van der Waals surface area contributed by atoms with E-state index in [1.54, 1.807) is 19.2 Å². The molecule has 1 aliphatic heterocycles. The highest BCUT2D eigenvalue weighted by Crippen LogP contribution is 2.35. The van der Waals surface area contributed by atoms with Gasteiger partial charge in [-0.25, -0.2) is 0 Å². The van der Waals surface area contributed by atoms with Gasteiger partial charge in [0, 0.05) is 42.1 Å². The van der Waals surface area contributed by atoms with Gasteiger partial charge in [0.25, 0.3) is 17.5 Å². The molecule has 2 heterocycles. The SMILES string of the molecule is COCCn1c(C)cc(/C=N/N2C(=O)c3cccc4c([N+](=O)[O-])ccc(c34)C2=O)c1C. The number of carbonyl (C=O) groups excluding carboxylic acids is 2. The lowest BCUT2D eigenvalue weighted by Gasteiger charge is -2.22. The van der Waals surface area contributed by atoms with Crippen molar-refractivity contribution in [1.29, 1.82) is 0 Å². The summed E-state index contributed by atoms with van der Waals surface area (Å²) in [4.78, 5) is 36.9. The first-order valence-corrected chi connectivity index (χ1v) is 9.63. The van der Waals surface area contributed by atoms with Crippen LogP contribution in [-0.4, -0.2) is 46.2 Å². The zero-order chi connectivity index (χ0) is 22.3. The maximum absolute atomic E-state index is 13.0. The number of ether oxygens (including phenoxy) is 1. The number of carbonyl (C=O) groups is 2. The van der Waals surface area contributed by atoms with Crippen LogP contribution in [0, 0.1) is 24.0 Å². The van der Waals surface area contributed by atoms with Gasteiger partial charge in [-0.2, -0.15) is 10.1 Å². The number of aromatic nitrogens is 1. The summed E-state index contributed by atoms with van der Waals surface area (Å²) in [6, 6.07) is 9.22. The molecular weight excluding hydrogens is 400 g/mol. The third-order valence-corrected chi connectivity index (χ3v) is 5.50. The predicted molar refractivity (Wildman–Crippen MR) is 114 cm³/mol.